The van der Waals surface area contributed by atoms with E-state index in [1.54, 1.807) is 0 Å². The molecule has 2 saturated carbocycles. The van der Waals surface area contributed by atoms with Gasteiger partial charge in [-0.2, -0.15) is 5.26 Å². The number of unbranched alkanes of at least 4 members (excludes halogenated alkanes) is 11. The highest BCUT2D eigenvalue weighted by atomic mass is 14.9. The second kappa shape index (κ2) is 18.6. The SMILES string of the molecule is CCCCCCCCCC[C@H]1CC[C@H](c2cnc(-c3ccc([C@H]4CC[C@@](C#N)(CCCCCCC)CC4)cc3)nc2)CC1. The molecule has 0 aliphatic heterocycles. The molecule has 1 aromatic carbocycles. The van der Waals surface area contributed by atoms with Crippen LogP contribution in [0.25, 0.3) is 11.4 Å². The lowest BCUT2D eigenvalue weighted by molar-refractivity contribution is 0.223. The Morgan fingerprint density at radius 2 is 1.19 bits per heavy atom. The first-order chi connectivity index (χ1) is 21.2. The monoisotopic (exact) mass is 583 g/mol. The summed E-state index contributed by atoms with van der Waals surface area (Å²) in [5.74, 6) is 2.99. The summed E-state index contributed by atoms with van der Waals surface area (Å²) in [5.41, 5.74) is 3.78. The number of aromatic nitrogens is 2. The van der Waals surface area contributed by atoms with Gasteiger partial charge in [0.05, 0.1) is 11.5 Å². The van der Waals surface area contributed by atoms with Gasteiger partial charge in [-0.3, -0.25) is 0 Å². The van der Waals surface area contributed by atoms with E-state index in [2.05, 4.69) is 56.6 Å². The van der Waals surface area contributed by atoms with Crippen molar-refractivity contribution in [2.45, 2.75) is 173 Å². The molecule has 2 aliphatic rings. The third kappa shape index (κ3) is 10.7. The fraction of sp³-hybridized carbons (Fsp3) is 0.725. The van der Waals surface area contributed by atoms with Gasteiger partial charge < -0.3 is 0 Å². The van der Waals surface area contributed by atoms with Gasteiger partial charge in [0.15, 0.2) is 5.82 Å². The minimum absolute atomic E-state index is 0.0786. The maximum absolute atomic E-state index is 9.99. The summed E-state index contributed by atoms with van der Waals surface area (Å²) >= 11 is 0. The van der Waals surface area contributed by atoms with Gasteiger partial charge >= 0.3 is 0 Å². The third-order valence-corrected chi connectivity index (χ3v) is 11.0. The predicted octanol–water partition coefficient (Wildman–Crippen LogP) is 12.5. The Hall–Kier alpha value is -2.21. The zero-order valence-electron chi connectivity index (χ0n) is 27.8. The van der Waals surface area contributed by atoms with Crippen molar-refractivity contribution in [3.63, 3.8) is 0 Å². The molecule has 43 heavy (non-hydrogen) atoms. The first kappa shape index (κ1) is 33.7. The van der Waals surface area contributed by atoms with E-state index in [0.29, 0.717) is 11.8 Å². The van der Waals surface area contributed by atoms with E-state index in [1.165, 1.54) is 127 Å². The first-order valence-electron chi connectivity index (χ1n) is 18.5. The highest BCUT2D eigenvalue weighted by molar-refractivity contribution is 5.55. The molecule has 236 valence electrons. The van der Waals surface area contributed by atoms with Crippen LogP contribution in [0.1, 0.15) is 184 Å². The van der Waals surface area contributed by atoms with Crippen LogP contribution in [0.5, 0.6) is 0 Å². The van der Waals surface area contributed by atoms with Crippen LogP contribution in [0.15, 0.2) is 36.7 Å². The van der Waals surface area contributed by atoms with Crippen LogP contribution >= 0.6 is 0 Å². The topological polar surface area (TPSA) is 49.6 Å². The lowest BCUT2D eigenvalue weighted by atomic mass is 9.67. The largest absolute Gasteiger partial charge is 0.236 e. The zero-order valence-corrected chi connectivity index (χ0v) is 27.8. The van der Waals surface area contributed by atoms with Crippen molar-refractivity contribution in [2.24, 2.45) is 11.3 Å². The lowest BCUT2D eigenvalue weighted by Crippen LogP contribution is -2.25. The van der Waals surface area contributed by atoms with Gasteiger partial charge in [-0.25, -0.2) is 9.97 Å². The van der Waals surface area contributed by atoms with E-state index in [4.69, 9.17) is 9.97 Å². The summed E-state index contributed by atoms with van der Waals surface area (Å²) in [6, 6.07) is 11.7. The summed E-state index contributed by atoms with van der Waals surface area (Å²) in [4.78, 5) is 9.62. The van der Waals surface area contributed by atoms with Gasteiger partial charge in [0.2, 0.25) is 0 Å². The molecule has 0 saturated heterocycles. The van der Waals surface area contributed by atoms with E-state index in [-0.39, 0.29) is 5.41 Å². The molecule has 0 unspecified atom stereocenters. The van der Waals surface area contributed by atoms with Crippen molar-refractivity contribution in [1.29, 1.82) is 5.26 Å². The highest BCUT2D eigenvalue weighted by Crippen LogP contribution is 2.46. The molecular weight excluding hydrogens is 522 g/mol. The minimum Gasteiger partial charge on any atom is -0.236 e. The molecule has 1 aromatic heterocycles. The molecule has 0 atom stereocenters. The van der Waals surface area contributed by atoms with E-state index in [9.17, 15) is 5.26 Å². The summed E-state index contributed by atoms with van der Waals surface area (Å²) < 4.78 is 0. The summed E-state index contributed by atoms with van der Waals surface area (Å²) in [7, 11) is 0. The quantitative estimate of drug-likeness (QED) is 0.164. The molecular formula is C40H61N3. The van der Waals surface area contributed by atoms with Crippen molar-refractivity contribution < 1.29 is 0 Å². The fourth-order valence-electron chi connectivity index (χ4n) is 7.94. The van der Waals surface area contributed by atoms with Crippen LogP contribution in [-0.2, 0) is 0 Å². The van der Waals surface area contributed by atoms with Gasteiger partial charge in [0.25, 0.3) is 0 Å². The first-order valence-corrected chi connectivity index (χ1v) is 18.5. The van der Waals surface area contributed by atoms with E-state index < -0.39 is 0 Å². The molecule has 0 spiro atoms. The smallest absolute Gasteiger partial charge is 0.159 e. The highest BCUT2D eigenvalue weighted by Gasteiger charge is 2.35. The van der Waals surface area contributed by atoms with Crippen LogP contribution in [0, 0.1) is 22.7 Å². The molecule has 3 heteroatoms. The van der Waals surface area contributed by atoms with Crippen LogP contribution in [-0.4, -0.2) is 9.97 Å². The maximum Gasteiger partial charge on any atom is 0.159 e. The average molecular weight is 584 g/mol. The van der Waals surface area contributed by atoms with Gasteiger partial charge in [-0.05, 0) is 86.7 Å². The Kier molecular flexibility index (Phi) is 14.5. The second-order valence-corrected chi connectivity index (χ2v) is 14.3. The fourth-order valence-corrected chi connectivity index (χ4v) is 7.94. The molecule has 1 heterocycles. The standard InChI is InChI=1S/C40H61N3/c1-3-5-7-9-10-11-12-14-16-33-17-19-35(20-18-33)38-30-42-39(43-31-38)37-23-21-34(22-24-37)36-25-28-40(32-41,29-26-36)27-15-13-8-6-4-2/h21-24,30-31,33,35-36H,3-20,25-29H2,1-2H3/t33-,35-,36-,40-. The van der Waals surface area contributed by atoms with Crippen LogP contribution in [0.4, 0.5) is 0 Å². The molecule has 2 aliphatic carbocycles. The predicted molar refractivity (Wildman–Crippen MR) is 182 cm³/mol. The average Bonchev–Trinajstić information content (AvgIpc) is 3.07. The van der Waals surface area contributed by atoms with Crippen molar-refractivity contribution >= 4 is 0 Å². The number of hydrogen-bond acceptors (Lipinski definition) is 3. The molecule has 0 bridgehead atoms. The number of nitriles is 1. The molecule has 0 amide bonds. The van der Waals surface area contributed by atoms with E-state index in [0.717, 1.165) is 49.4 Å². The summed E-state index contributed by atoms with van der Waals surface area (Å²) in [6.07, 6.45) is 34.2. The number of hydrogen-bond donors (Lipinski definition) is 0. The molecule has 0 N–H and O–H groups in total. The molecule has 3 nitrogen and oxygen atoms in total. The number of nitrogens with zero attached hydrogens (tertiary/aromatic N) is 3. The van der Waals surface area contributed by atoms with Gasteiger partial charge in [0.1, 0.15) is 0 Å². The second-order valence-electron chi connectivity index (χ2n) is 14.3. The van der Waals surface area contributed by atoms with Crippen molar-refractivity contribution in [1.82, 2.24) is 9.97 Å². The van der Waals surface area contributed by atoms with Gasteiger partial charge in [-0.15, -0.1) is 0 Å². The van der Waals surface area contributed by atoms with E-state index in [1.807, 2.05) is 0 Å². The third-order valence-electron chi connectivity index (χ3n) is 11.0. The molecule has 4 rings (SSSR count). The Balaban J connectivity index is 1.17. The van der Waals surface area contributed by atoms with Crippen molar-refractivity contribution in [2.75, 3.05) is 0 Å². The van der Waals surface area contributed by atoms with Crippen LogP contribution in [0.2, 0.25) is 0 Å². The molecule has 2 fully saturated rings. The Labute approximate surface area is 264 Å². The van der Waals surface area contributed by atoms with Gasteiger partial charge in [-0.1, -0.05) is 128 Å². The Bertz CT molecular complexity index is 1050. The normalized spacial score (nSPS) is 24.1. The van der Waals surface area contributed by atoms with Crippen molar-refractivity contribution in [3.8, 4) is 17.5 Å². The lowest BCUT2D eigenvalue weighted by Gasteiger charge is -2.35. The summed E-state index contributed by atoms with van der Waals surface area (Å²) in [5, 5.41) is 9.99. The number of rotatable bonds is 18. The minimum atomic E-state index is -0.0786. The number of benzene rings is 1. The summed E-state index contributed by atoms with van der Waals surface area (Å²) in [6.45, 7) is 4.56. The van der Waals surface area contributed by atoms with E-state index >= 15 is 0 Å². The maximum atomic E-state index is 9.99. The van der Waals surface area contributed by atoms with Crippen LogP contribution in [0.3, 0.4) is 0 Å². The van der Waals surface area contributed by atoms with Crippen LogP contribution < -0.4 is 0 Å². The van der Waals surface area contributed by atoms with Crippen molar-refractivity contribution in [3.05, 3.63) is 47.8 Å². The Morgan fingerprint density at radius 1 is 0.651 bits per heavy atom. The zero-order chi connectivity index (χ0) is 30.2. The Morgan fingerprint density at radius 3 is 1.77 bits per heavy atom. The molecule has 0 radical (unpaired) electrons. The molecule has 2 aromatic rings. The van der Waals surface area contributed by atoms with Gasteiger partial charge in [0, 0.05) is 18.0 Å².